The Morgan fingerprint density at radius 3 is 2.30 bits per heavy atom. The summed E-state index contributed by atoms with van der Waals surface area (Å²) in [5.41, 5.74) is 5.40. The van der Waals surface area contributed by atoms with Crippen LogP contribution in [-0.2, 0) is 25.5 Å². The van der Waals surface area contributed by atoms with Crippen molar-refractivity contribution in [3.8, 4) is 0 Å². The number of pyridine rings is 1. The number of amides is 2. The Labute approximate surface area is 279 Å². The molecule has 3 heterocycles. The molecule has 0 spiro atoms. The van der Waals surface area contributed by atoms with Crippen molar-refractivity contribution in [2.75, 3.05) is 49.1 Å². The van der Waals surface area contributed by atoms with Gasteiger partial charge in [0.2, 0.25) is 15.9 Å². The fourth-order valence-electron chi connectivity index (χ4n) is 6.47. The minimum absolute atomic E-state index is 0.0358. The number of halogens is 3. The van der Waals surface area contributed by atoms with Crippen LogP contribution >= 0.6 is 11.6 Å². The standard InChI is InChI=1S/C32H43ClF2N6O5S/c1-31(2,3)46-30(43)37-24-18-29(42)41(20-24)25-8-10-26(11-9-25)47(44,45)40-14-12-39(13-15-40)28-17-23(16-27(33)38-28)32(34,35)22-6-4-21(19-36)5-7-22/h8-11,16-17,21-22,24H,4-7,12-15,18-20,36H2,1-3H3,(H,37,43)/t21-,22-,24-/m1/s1. The van der Waals surface area contributed by atoms with Crippen molar-refractivity contribution in [2.24, 2.45) is 17.6 Å². The van der Waals surface area contributed by atoms with Gasteiger partial charge in [0.1, 0.15) is 16.6 Å². The second-order valence-corrected chi connectivity index (χ2v) is 15.9. The minimum Gasteiger partial charge on any atom is -0.444 e. The van der Waals surface area contributed by atoms with E-state index in [0.29, 0.717) is 43.7 Å². The third-order valence-corrected chi connectivity index (χ3v) is 11.2. The number of hydrogen-bond donors (Lipinski definition) is 2. The maximum atomic E-state index is 15.6. The molecule has 1 saturated carbocycles. The number of aromatic nitrogens is 1. The molecular weight excluding hydrogens is 654 g/mol. The maximum absolute atomic E-state index is 15.6. The van der Waals surface area contributed by atoms with Crippen LogP contribution in [0.5, 0.6) is 0 Å². The van der Waals surface area contributed by atoms with Gasteiger partial charge in [-0.05, 0) is 95.3 Å². The van der Waals surface area contributed by atoms with Gasteiger partial charge >= 0.3 is 6.09 Å². The molecule has 3 aliphatic rings. The number of carbonyl (C=O) groups is 2. The quantitative estimate of drug-likeness (QED) is 0.378. The first-order valence-electron chi connectivity index (χ1n) is 16.0. The molecule has 1 aromatic carbocycles. The number of ether oxygens (including phenoxy) is 1. The van der Waals surface area contributed by atoms with E-state index < -0.39 is 39.6 Å². The molecular formula is C32H43ClF2N6O5S. The number of alkyl carbamates (subject to hydrolysis) is 1. The van der Waals surface area contributed by atoms with E-state index in [-0.39, 0.29) is 66.6 Å². The number of rotatable bonds is 8. The zero-order valence-electron chi connectivity index (χ0n) is 26.9. The lowest BCUT2D eigenvalue weighted by molar-refractivity contribution is -0.117. The summed E-state index contributed by atoms with van der Waals surface area (Å²) in [5, 5.41) is 2.67. The maximum Gasteiger partial charge on any atom is 0.407 e. The summed E-state index contributed by atoms with van der Waals surface area (Å²) < 4.78 is 64.8. The average Bonchev–Trinajstić information content (AvgIpc) is 3.39. The van der Waals surface area contributed by atoms with Crippen molar-refractivity contribution in [1.82, 2.24) is 14.6 Å². The number of nitrogens with one attached hydrogen (secondary N) is 1. The third kappa shape index (κ3) is 8.15. The molecule has 3 fully saturated rings. The van der Waals surface area contributed by atoms with Crippen molar-refractivity contribution in [3.05, 3.63) is 47.1 Å². The van der Waals surface area contributed by atoms with Crippen LogP contribution in [0, 0.1) is 11.8 Å². The Balaban J connectivity index is 1.20. The lowest BCUT2D eigenvalue weighted by Crippen LogP contribution is -2.49. The molecule has 258 valence electrons. The highest BCUT2D eigenvalue weighted by Gasteiger charge is 2.43. The van der Waals surface area contributed by atoms with E-state index in [4.69, 9.17) is 22.1 Å². The number of sulfonamides is 1. The van der Waals surface area contributed by atoms with Gasteiger partial charge in [0.15, 0.2) is 0 Å². The first kappa shape index (κ1) is 35.2. The Hall–Kier alpha value is -3.07. The first-order valence-corrected chi connectivity index (χ1v) is 17.8. The molecule has 2 aliphatic heterocycles. The average molecular weight is 697 g/mol. The van der Waals surface area contributed by atoms with E-state index in [9.17, 15) is 18.0 Å². The zero-order chi connectivity index (χ0) is 34.1. The molecule has 47 heavy (non-hydrogen) atoms. The SMILES string of the molecule is CC(C)(C)OC(=O)N[C@@H]1CC(=O)N(c2ccc(S(=O)(=O)N3CCN(c4cc(C(F)(F)[C@H]5CC[C@H](CN)CC5)cc(Cl)n4)CC3)cc2)C1. The fraction of sp³-hybridized carbons (Fsp3) is 0.594. The highest BCUT2D eigenvalue weighted by Crippen LogP contribution is 2.46. The van der Waals surface area contributed by atoms with Gasteiger partial charge in [-0.3, -0.25) is 4.79 Å². The van der Waals surface area contributed by atoms with Crippen molar-refractivity contribution in [1.29, 1.82) is 0 Å². The number of hydrogen-bond acceptors (Lipinski definition) is 8. The smallest absolute Gasteiger partial charge is 0.407 e. The molecule has 15 heteroatoms. The van der Waals surface area contributed by atoms with Crippen LogP contribution in [0.1, 0.15) is 58.4 Å². The Bertz CT molecular complexity index is 1560. The lowest BCUT2D eigenvalue weighted by atomic mass is 9.77. The summed E-state index contributed by atoms with van der Waals surface area (Å²) in [6, 6.07) is 8.19. The van der Waals surface area contributed by atoms with Gasteiger partial charge in [0.25, 0.3) is 5.92 Å². The predicted molar refractivity (Wildman–Crippen MR) is 175 cm³/mol. The summed E-state index contributed by atoms with van der Waals surface area (Å²) in [7, 11) is -3.87. The molecule has 3 N–H and O–H groups in total. The Morgan fingerprint density at radius 1 is 1.06 bits per heavy atom. The van der Waals surface area contributed by atoms with Crippen molar-refractivity contribution < 1.29 is 31.5 Å². The van der Waals surface area contributed by atoms with Crippen LogP contribution in [-0.4, -0.2) is 80.6 Å². The van der Waals surface area contributed by atoms with Crippen LogP contribution in [0.2, 0.25) is 5.15 Å². The summed E-state index contributed by atoms with van der Waals surface area (Å²) in [4.78, 5) is 32.4. The van der Waals surface area contributed by atoms with Crippen LogP contribution in [0.3, 0.4) is 0 Å². The van der Waals surface area contributed by atoms with Crippen LogP contribution < -0.4 is 20.9 Å². The van der Waals surface area contributed by atoms with Crippen molar-refractivity contribution >= 4 is 45.1 Å². The van der Waals surface area contributed by atoms with Crippen molar-refractivity contribution in [3.63, 3.8) is 0 Å². The molecule has 0 unspecified atom stereocenters. The molecule has 1 aliphatic carbocycles. The van der Waals surface area contributed by atoms with Crippen LogP contribution in [0.15, 0.2) is 41.3 Å². The minimum atomic E-state index is -3.87. The van der Waals surface area contributed by atoms with Crippen LogP contribution in [0.4, 0.5) is 25.1 Å². The van der Waals surface area contributed by atoms with Gasteiger partial charge in [-0.1, -0.05) is 11.6 Å². The lowest BCUT2D eigenvalue weighted by Gasteiger charge is -2.36. The zero-order valence-corrected chi connectivity index (χ0v) is 28.5. The van der Waals surface area contributed by atoms with E-state index in [1.165, 1.54) is 33.5 Å². The molecule has 0 radical (unpaired) electrons. The normalized spacial score (nSPS) is 23.2. The number of benzene rings is 1. The second-order valence-electron chi connectivity index (χ2n) is 13.5. The summed E-state index contributed by atoms with van der Waals surface area (Å²) in [5.74, 6) is -3.51. The molecule has 1 atom stereocenters. The van der Waals surface area contributed by atoms with Gasteiger partial charge in [-0.15, -0.1) is 0 Å². The van der Waals surface area contributed by atoms with Crippen molar-refractivity contribution in [2.45, 2.75) is 75.3 Å². The number of anilines is 2. The largest absolute Gasteiger partial charge is 0.444 e. The molecule has 5 rings (SSSR count). The topological polar surface area (TPSA) is 138 Å². The number of carbonyl (C=O) groups excluding carboxylic acids is 2. The second kappa shape index (κ2) is 13.8. The van der Waals surface area contributed by atoms with E-state index in [2.05, 4.69) is 10.3 Å². The molecule has 1 aromatic heterocycles. The molecule has 2 aromatic rings. The Kier molecular flexibility index (Phi) is 10.4. The van der Waals surface area contributed by atoms with Gasteiger partial charge in [0.05, 0.1) is 10.9 Å². The molecule has 11 nitrogen and oxygen atoms in total. The van der Waals surface area contributed by atoms with E-state index in [1.54, 1.807) is 37.8 Å². The van der Waals surface area contributed by atoms with Gasteiger partial charge in [-0.2, -0.15) is 4.31 Å². The highest BCUT2D eigenvalue weighted by atomic mass is 35.5. The fourth-order valence-corrected chi connectivity index (χ4v) is 8.09. The first-order chi connectivity index (χ1) is 22.1. The molecule has 2 saturated heterocycles. The summed E-state index contributed by atoms with van der Waals surface area (Å²) in [6.45, 7) is 6.71. The summed E-state index contributed by atoms with van der Waals surface area (Å²) in [6.07, 6.45) is 1.62. The van der Waals surface area contributed by atoms with E-state index in [1.807, 2.05) is 0 Å². The number of nitrogens with two attached hydrogens (primary N) is 1. The summed E-state index contributed by atoms with van der Waals surface area (Å²) >= 11 is 6.22. The van der Waals surface area contributed by atoms with E-state index in [0.717, 1.165) is 0 Å². The van der Waals surface area contributed by atoms with E-state index >= 15 is 8.78 Å². The third-order valence-electron chi connectivity index (χ3n) is 9.05. The molecule has 0 bridgehead atoms. The Morgan fingerprint density at radius 2 is 1.70 bits per heavy atom. The number of alkyl halides is 2. The number of nitrogens with zero attached hydrogens (tertiary/aromatic N) is 4. The van der Waals surface area contributed by atoms with Crippen LogP contribution in [0.25, 0.3) is 0 Å². The molecule has 2 amide bonds. The highest BCUT2D eigenvalue weighted by molar-refractivity contribution is 7.89. The van der Waals surface area contributed by atoms with Gasteiger partial charge in [0, 0.05) is 56.3 Å². The monoisotopic (exact) mass is 696 g/mol. The van der Waals surface area contributed by atoms with Gasteiger partial charge < -0.3 is 25.6 Å². The number of piperazine rings is 1. The predicted octanol–water partition coefficient (Wildman–Crippen LogP) is 4.73. The van der Waals surface area contributed by atoms with Gasteiger partial charge in [-0.25, -0.2) is 27.0 Å².